The van der Waals surface area contributed by atoms with Crippen molar-refractivity contribution in [2.75, 3.05) is 0 Å². The van der Waals surface area contributed by atoms with Gasteiger partial charge >= 0.3 is 0 Å². The predicted octanol–water partition coefficient (Wildman–Crippen LogP) is 0. The van der Waals surface area contributed by atoms with Crippen molar-refractivity contribution in [1.82, 2.24) is 0 Å². The second kappa shape index (κ2) is 1080. The Hall–Kier alpha value is 148. The van der Waals surface area contributed by atoms with Gasteiger partial charge in [0.2, 0.25) is 0 Å². The maximum atomic E-state index is 0. The van der Waals surface area contributed by atoms with Crippen LogP contribution in [0.5, 0.6) is 0 Å². The third-order valence-electron chi connectivity index (χ3n) is 0. The maximum absolute atomic E-state index is 0. The summed E-state index contributed by atoms with van der Waals surface area (Å²) < 4.78 is 0. The van der Waals surface area contributed by atoms with Gasteiger partial charge in [-0.05, 0) is 0 Å². The molecular weight excluding hydrogens is 33600 g/mol. The quantitative estimate of drug-likeness (QED) is 0.321. The van der Waals surface area contributed by atoms with Crippen LogP contribution >= 0.6 is 0 Å². The summed E-state index contributed by atoms with van der Waals surface area (Å²) in [5.74, 6) is 0. The minimum Gasteiger partial charge on any atom is 0 e. The van der Waals surface area contributed by atoms with Crippen LogP contribution in [-0.4, -0.2) is 0 Å². The Morgan fingerprint density at radius 3 is 0.00709 bits per heavy atom. The summed E-state index contributed by atoms with van der Waals surface area (Å²) in [7, 11) is 0. The van der Waals surface area contributed by atoms with Crippen molar-refractivity contribution in [3.63, 3.8) is 0 Å². The van der Waals surface area contributed by atoms with Crippen LogP contribution in [0.25, 0.3) is 0 Å². The second-order valence-electron chi connectivity index (χ2n) is 0. The van der Waals surface area contributed by atoms with Gasteiger partial charge in [-0.3, -0.25) is 0 Å². The number of hydrogen-bond donors (Lipinski definition) is 0. The molecule has 0 aliphatic rings. The average Bonchev–Trinajstić information content (AvgIpc) is 0. The fourth-order valence-corrected chi connectivity index (χ4v) is 0. The maximum Gasteiger partial charge on any atom is 0 e. The van der Waals surface area contributed by atoms with E-state index in [4.69, 9.17) is 0 Å². The van der Waals surface area contributed by atoms with E-state index in [9.17, 15) is 0 Å². The first-order valence-corrected chi connectivity index (χ1v) is 0. The predicted molar refractivity (Wildman–Crippen MR) is 0 cm³/mol. The standard InChI is InChI=1S/141U. The first-order valence-electron chi connectivity index (χ1n) is 0. The van der Waals surface area contributed by atoms with E-state index in [-0.39, 0.29) is 4390 Å². The third kappa shape index (κ3) is 1070. The number of rotatable bonds is 0. The van der Waals surface area contributed by atoms with E-state index < -0.39 is 0 Å². The van der Waals surface area contributed by atoms with E-state index >= 15 is 0 Å². The zero-order valence-electron chi connectivity index (χ0n) is 70.5. The molecule has 141 heavy (non-hydrogen) atoms. The Morgan fingerprint density at radius 2 is 0.00709 bits per heavy atom. The molecule has 0 bridgehead atoms. The van der Waals surface area contributed by atoms with Gasteiger partial charge in [0.25, 0.3) is 0 Å². The van der Waals surface area contributed by atoms with Crippen molar-refractivity contribution in [2.24, 2.45) is 0 Å². The molecule has 0 saturated heterocycles. The Balaban J connectivity index is 0. The van der Waals surface area contributed by atoms with Gasteiger partial charge in [-0.15, -0.1) is 0 Å². The molecule has 0 heterocycles. The molecule has 0 spiro atoms. The smallest absolute Gasteiger partial charge is 0 e. The van der Waals surface area contributed by atoms with Gasteiger partial charge in [0.15, 0.2) is 0 Å². The molecule has 0 aromatic carbocycles. The van der Waals surface area contributed by atoms with E-state index in [1.165, 1.54) is 0 Å². The molecule has 0 aliphatic carbocycles. The summed E-state index contributed by atoms with van der Waals surface area (Å²) in [4.78, 5) is 0. The second-order valence-corrected chi connectivity index (χ2v) is 0. The molecule has 0 N–H and O–H groups in total. The molecule has 0 nitrogen and oxygen atoms in total. The van der Waals surface area contributed by atoms with Gasteiger partial charge in [-0.25, -0.2) is 0 Å². The summed E-state index contributed by atoms with van der Waals surface area (Å²) in [6.07, 6.45) is 0. The molecule has 0 aromatic rings. The van der Waals surface area contributed by atoms with Gasteiger partial charge < -0.3 is 0 Å². The minimum absolute atomic E-state index is 0. The summed E-state index contributed by atoms with van der Waals surface area (Å²) in [6.45, 7) is 0. The zero-order chi connectivity index (χ0) is 0. The molecule has 0 fully saturated rings. The molecule has 0 saturated carbocycles. The minimum atomic E-state index is 0. The summed E-state index contributed by atoms with van der Waals surface area (Å²) in [6, 6.07) is 0. The monoisotopic (exact) mass is 33600 g/mol. The van der Waals surface area contributed by atoms with Crippen molar-refractivity contribution in [3.05, 3.63) is 0 Å². The van der Waals surface area contributed by atoms with E-state index in [1.807, 2.05) is 0 Å². The summed E-state index contributed by atoms with van der Waals surface area (Å²) in [5.41, 5.74) is 0. The fraction of sp³-hybridized carbons (Fsp3) is 0. The van der Waals surface area contributed by atoms with E-state index in [2.05, 4.69) is 0 Å². The Bertz CT molecular complexity index is 0. The van der Waals surface area contributed by atoms with E-state index in [1.54, 1.807) is 0 Å². The Kier molecular flexibility index (Phi) is 8390. The van der Waals surface area contributed by atoms with Gasteiger partial charge in [-0.2, -0.15) is 0 Å². The zero-order valence-corrected chi connectivity index (χ0v) is 658. The molecule has 0 rings (SSSR count). The molecule has 0 aromatic heterocycles. The van der Waals surface area contributed by atoms with Crippen LogP contribution in [0, 0.1) is 4390 Å². The van der Waals surface area contributed by atoms with Crippen molar-refractivity contribution < 1.29 is 4390 Å². The summed E-state index contributed by atoms with van der Waals surface area (Å²) in [5, 5.41) is 0. The molecule has 0 aliphatic heterocycles. The molecule has 0 unspecified atom stereocenters. The average molecular weight is 33600 g/mol. The van der Waals surface area contributed by atoms with Crippen molar-refractivity contribution in [2.45, 2.75) is 0 Å². The Morgan fingerprint density at radius 1 is 0.00709 bits per heavy atom. The van der Waals surface area contributed by atoms with Gasteiger partial charge in [-0.1, -0.05) is 0 Å². The summed E-state index contributed by atoms with van der Waals surface area (Å²) >= 11 is 0. The van der Waals surface area contributed by atoms with Gasteiger partial charge in [0, 0.05) is 4390 Å². The van der Waals surface area contributed by atoms with Crippen LogP contribution in [0.4, 0.5) is 0 Å². The fourth-order valence-electron chi connectivity index (χ4n) is 0. The van der Waals surface area contributed by atoms with Crippen molar-refractivity contribution >= 4 is 0 Å². The molecule has 0 amide bonds. The van der Waals surface area contributed by atoms with Crippen LogP contribution in [0.15, 0.2) is 0 Å². The van der Waals surface area contributed by atoms with Gasteiger partial charge in [0.05, 0.1) is 0 Å². The largest absolute Gasteiger partial charge is 0 e. The van der Waals surface area contributed by atoms with Crippen molar-refractivity contribution in [1.29, 1.82) is 0 Å². The van der Waals surface area contributed by atoms with Crippen LogP contribution in [-0.2, 0) is 0 Å². The first-order chi connectivity index (χ1) is 0. The third-order valence-corrected chi connectivity index (χ3v) is 0. The normalized spacial score (nSPS) is 0. The molecule has 0 atom stereocenters. The van der Waals surface area contributed by atoms with Crippen LogP contribution in [0.1, 0.15) is 0 Å². The van der Waals surface area contributed by atoms with Crippen LogP contribution in [0.3, 0.4) is 0 Å². The molecular formula is U141. The van der Waals surface area contributed by atoms with E-state index in [0.717, 1.165) is 0 Å². The number of hydrogen-bond acceptors (Lipinski definition) is 0. The van der Waals surface area contributed by atoms with E-state index in [0.29, 0.717) is 0 Å². The molecule has 564 valence electrons. The van der Waals surface area contributed by atoms with Crippen molar-refractivity contribution in [3.8, 4) is 0 Å². The first kappa shape index (κ1) is 1090. The Labute approximate surface area is 4210 Å². The van der Waals surface area contributed by atoms with Crippen LogP contribution in [0.2, 0.25) is 0 Å². The van der Waals surface area contributed by atoms with Crippen LogP contribution < -0.4 is 0 Å². The van der Waals surface area contributed by atoms with Gasteiger partial charge in [0.1, 0.15) is 0 Å². The topological polar surface area (TPSA) is 0 Å². The molecule has 141 heteroatoms. The SMILES string of the molecule is [U].[U].[U].[U].[U].[U].[U].[U].[U].[U].[U].[U].[U].[U].[U].[U].[U].[U].[U].[U].[U].[U].[U].[U].[U].[U].[U].[U].[U].[U].[U].[U].[U].[U].[U].[U].[U].[U].[U].[U].[U].[U].[U].[U].[U].[U].[U].[U].[U].[U].[U].[U].[U].[U].[U].[U].[U].[U].[U].[U].[U].[U].[U].[U].[U].[U].[U].[U].[U].[U].[U].[U].[U].[U].[U].[U].[U].[U].[U].[U].[U].[U].[U].[U].[U].[U].[U].[U].[U].[U].[U].[U].[U].[U].[U].[U].[U].[U].[U].[U].[U].[U].[U].[U].[U].[U].[U].[U].[U].[U].[U].[U].[U].[U].[U].[U].[U].[U].[U].[U].[U].[U].[U].[U].[U].[U].[U].[U].[U].[U].[U].[U].[U].[U].[U].[U].[U].[U].[U].[U].[U]. The molecule has 0 radical (unpaired) electrons.